The zero-order chi connectivity index (χ0) is 15.0. The Labute approximate surface area is 124 Å². The second-order valence-corrected chi connectivity index (χ2v) is 7.15. The number of aromatic amines is 1. The van der Waals surface area contributed by atoms with Crippen LogP contribution in [0.15, 0.2) is 46.3 Å². The van der Waals surface area contributed by atoms with Crippen LogP contribution in [0.3, 0.4) is 0 Å². The van der Waals surface area contributed by atoms with Crippen LogP contribution in [-0.4, -0.2) is 18.4 Å². The van der Waals surface area contributed by atoms with Gasteiger partial charge in [0, 0.05) is 18.5 Å². The highest BCUT2D eigenvalue weighted by Crippen LogP contribution is 2.27. The van der Waals surface area contributed by atoms with E-state index in [0.29, 0.717) is 5.52 Å². The zero-order valence-corrected chi connectivity index (χ0v) is 12.6. The molecule has 3 rings (SSSR count). The number of H-pyrrole nitrogens is 1. The van der Waals surface area contributed by atoms with E-state index in [-0.39, 0.29) is 10.0 Å². The van der Waals surface area contributed by atoms with Crippen LogP contribution in [0.5, 0.6) is 0 Å². The van der Waals surface area contributed by atoms with Crippen LogP contribution < -0.4 is 10.2 Å². The summed E-state index contributed by atoms with van der Waals surface area (Å²) in [6.45, 7) is 1.95. The number of fused-ring (bicyclic) bond motifs is 1. The molecule has 6 nitrogen and oxygen atoms in total. The summed E-state index contributed by atoms with van der Waals surface area (Å²) in [5.74, 6) is 0. The van der Waals surface area contributed by atoms with Gasteiger partial charge in [0.05, 0.1) is 10.2 Å². The Kier molecular flexibility index (Phi) is 3.26. The van der Waals surface area contributed by atoms with Crippen molar-refractivity contribution in [3.05, 3.63) is 52.4 Å². The number of thiazole rings is 1. The molecule has 0 aliphatic rings. The van der Waals surface area contributed by atoms with E-state index in [1.165, 1.54) is 17.5 Å². The molecule has 0 aliphatic carbocycles. The fourth-order valence-corrected chi connectivity index (χ4v) is 4.11. The zero-order valence-electron chi connectivity index (χ0n) is 11.0. The van der Waals surface area contributed by atoms with Crippen LogP contribution in [-0.2, 0) is 10.0 Å². The van der Waals surface area contributed by atoms with E-state index in [1.807, 2.05) is 25.1 Å². The van der Waals surface area contributed by atoms with Gasteiger partial charge in [-0.05, 0) is 24.6 Å². The summed E-state index contributed by atoms with van der Waals surface area (Å²) in [4.78, 5) is 18.1. The van der Waals surface area contributed by atoms with Gasteiger partial charge in [-0.1, -0.05) is 17.4 Å². The van der Waals surface area contributed by atoms with Crippen molar-refractivity contribution in [2.45, 2.75) is 11.8 Å². The number of sulfonamides is 1. The lowest BCUT2D eigenvalue weighted by molar-refractivity contribution is 0.600. The number of pyridine rings is 1. The van der Waals surface area contributed by atoms with Gasteiger partial charge < -0.3 is 4.98 Å². The van der Waals surface area contributed by atoms with Gasteiger partial charge in [-0.3, -0.25) is 9.52 Å². The predicted molar refractivity (Wildman–Crippen MR) is 82.2 cm³/mol. The quantitative estimate of drug-likeness (QED) is 0.772. The van der Waals surface area contributed by atoms with Crippen molar-refractivity contribution in [1.29, 1.82) is 0 Å². The van der Waals surface area contributed by atoms with Crippen LogP contribution in [0.25, 0.3) is 10.2 Å². The molecule has 0 amide bonds. The summed E-state index contributed by atoms with van der Waals surface area (Å²) in [5, 5.41) is 0.235. The number of benzene rings is 1. The number of anilines is 1. The normalized spacial score (nSPS) is 11.7. The molecule has 21 heavy (non-hydrogen) atoms. The first-order chi connectivity index (χ1) is 9.95. The Hall–Kier alpha value is -2.19. The van der Waals surface area contributed by atoms with Gasteiger partial charge in [0.15, 0.2) is 10.0 Å². The predicted octanol–water partition coefficient (Wildman–Crippen LogP) is 2.09. The maximum absolute atomic E-state index is 12.2. The first-order valence-corrected chi connectivity index (χ1v) is 8.33. The van der Waals surface area contributed by atoms with Crippen LogP contribution >= 0.6 is 11.3 Å². The summed E-state index contributed by atoms with van der Waals surface area (Å²) in [6.07, 6.45) is 2.53. The number of nitrogens with zero attached hydrogens (tertiary/aromatic N) is 1. The van der Waals surface area contributed by atoms with Crippen LogP contribution in [0, 0.1) is 6.92 Å². The van der Waals surface area contributed by atoms with Crippen molar-refractivity contribution in [3.8, 4) is 0 Å². The van der Waals surface area contributed by atoms with Crippen LogP contribution in [0.4, 0.5) is 5.13 Å². The van der Waals surface area contributed by atoms with Crippen molar-refractivity contribution in [2.75, 3.05) is 4.72 Å². The van der Waals surface area contributed by atoms with Gasteiger partial charge in [0.2, 0.25) is 5.43 Å². The Morgan fingerprint density at radius 3 is 2.86 bits per heavy atom. The lowest BCUT2D eigenvalue weighted by Crippen LogP contribution is -2.20. The van der Waals surface area contributed by atoms with Gasteiger partial charge in [0.25, 0.3) is 10.0 Å². The van der Waals surface area contributed by atoms with Gasteiger partial charge in [-0.2, -0.15) is 0 Å². The summed E-state index contributed by atoms with van der Waals surface area (Å²) < 4.78 is 27.6. The molecule has 0 saturated heterocycles. The monoisotopic (exact) mass is 321 g/mol. The highest BCUT2D eigenvalue weighted by molar-refractivity contribution is 7.93. The molecule has 8 heteroatoms. The Morgan fingerprint density at radius 1 is 1.29 bits per heavy atom. The first-order valence-electron chi connectivity index (χ1n) is 6.03. The van der Waals surface area contributed by atoms with Crippen molar-refractivity contribution in [1.82, 2.24) is 9.97 Å². The van der Waals surface area contributed by atoms with Crippen molar-refractivity contribution < 1.29 is 8.42 Å². The molecule has 1 aromatic carbocycles. The third-order valence-electron chi connectivity index (χ3n) is 2.84. The van der Waals surface area contributed by atoms with Gasteiger partial charge in [-0.15, -0.1) is 0 Å². The van der Waals surface area contributed by atoms with Gasteiger partial charge in [0.1, 0.15) is 0 Å². The lowest BCUT2D eigenvalue weighted by Gasteiger charge is -2.03. The highest BCUT2D eigenvalue weighted by Gasteiger charge is 2.19. The molecule has 0 bridgehead atoms. The maximum atomic E-state index is 12.2. The van der Waals surface area contributed by atoms with Gasteiger partial charge >= 0.3 is 0 Å². The van der Waals surface area contributed by atoms with Crippen LogP contribution in [0.2, 0.25) is 0 Å². The maximum Gasteiger partial charge on any atom is 0.269 e. The third kappa shape index (κ3) is 2.67. The average molecular weight is 321 g/mol. The number of hydrogen-bond acceptors (Lipinski definition) is 5. The summed E-state index contributed by atoms with van der Waals surface area (Å²) in [6, 6.07) is 6.83. The van der Waals surface area contributed by atoms with E-state index < -0.39 is 15.5 Å². The van der Waals surface area contributed by atoms with Crippen molar-refractivity contribution in [3.63, 3.8) is 0 Å². The largest absolute Gasteiger partial charge is 0.366 e. The smallest absolute Gasteiger partial charge is 0.269 e. The summed E-state index contributed by atoms with van der Waals surface area (Å²) >= 11 is 1.23. The topological polar surface area (TPSA) is 91.9 Å². The molecule has 2 aromatic heterocycles. The molecule has 0 saturated carbocycles. The van der Waals surface area contributed by atoms with Crippen LogP contribution in [0.1, 0.15) is 5.56 Å². The van der Waals surface area contributed by atoms with Crippen molar-refractivity contribution in [2.24, 2.45) is 0 Å². The molecule has 0 unspecified atom stereocenters. The molecule has 0 fully saturated rings. The molecule has 2 N–H and O–H groups in total. The summed E-state index contributed by atoms with van der Waals surface area (Å²) in [7, 11) is -3.95. The molecule has 0 spiro atoms. The SMILES string of the molecule is Cc1ccc2nc(NS(=O)(=O)c3c[nH]ccc3=O)sc2c1. The fraction of sp³-hybridized carbons (Fsp3) is 0.0769. The number of aryl methyl sites for hydroxylation is 1. The Morgan fingerprint density at radius 2 is 2.10 bits per heavy atom. The van der Waals surface area contributed by atoms with Crippen molar-refractivity contribution >= 4 is 36.7 Å². The number of aromatic nitrogens is 2. The Bertz CT molecular complexity index is 973. The first kappa shape index (κ1) is 13.8. The molecule has 0 atom stereocenters. The minimum atomic E-state index is -3.95. The molecular weight excluding hydrogens is 310 g/mol. The minimum Gasteiger partial charge on any atom is -0.366 e. The van der Waals surface area contributed by atoms with E-state index in [1.54, 1.807) is 0 Å². The van der Waals surface area contributed by atoms with Gasteiger partial charge in [-0.25, -0.2) is 13.4 Å². The third-order valence-corrected chi connectivity index (χ3v) is 5.27. The standard InChI is InChI=1S/C13H11N3O3S2/c1-8-2-3-9-11(6-8)20-13(15-9)16-21(18,19)12-7-14-5-4-10(12)17/h2-7H,1H3,(H,14,17)(H,15,16). The van der Waals surface area contributed by atoms with E-state index in [9.17, 15) is 13.2 Å². The molecule has 2 heterocycles. The van der Waals surface area contributed by atoms with E-state index in [0.717, 1.165) is 22.5 Å². The summed E-state index contributed by atoms with van der Waals surface area (Å²) in [5.41, 5.74) is 1.21. The fourth-order valence-electron chi connectivity index (χ4n) is 1.86. The van der Waals surface area contributed by atoms with E-state index >= 15 is 0 Å². The van der Waals surface area contributed by atoms with E-state index in [4.69, 9.17) is 0 Å². The Balaban J connectivity index is 2.01. The second-order valence-electron chi connectivity index (χ2n) is 4.47. The average Bonchev–Trinajstić information content (AvgIpc) is 2.79. The number of rotatable bonds is 3. The number of hydrogen-bond donors (Lipinski definition) is 2. The highest BCUT2D eigenvalue weighted by atomic mass is 32.2. The molecular formula is C13H11N3O3S2. The van der Waals surface area contributed by atoms with E-state index in [2.05, 4.69) is 14.7 Å². The molecule has 108 valence electrons. The molecule has 0 radical (unpaired) electrons. The lowest BCUT2D eigenvalue weighted by atomic mass is 10.2. The molecule has 3 aromatic rings. The number of nitrogens with one attached hydrogen (secondary N) is 2. The molecule has 0 aliphatic heterocycles. The minimum absolute atomic E-state index is 0.235. The second kappa shape index (κ2) is 4.97.